The molecule has 0 aromatic carbocycles. The van der Waals surface area contributed by atoms with Crippen molar-refractivity contribution < 1.29 is 47.7 Å². The van der Waals surface area contributed by atoms with Gasteiger partial charge in [-0.2, -0.15) is 0 Å². The van der Waals surface area contributed by atoms with Crippen molar-refractivity contribution in [2.75, 3.05) is 0 Å². The van der Waals surface area contributed by atoms with Gasteiger partial charge in [-0.3, -0.25) is 0 Å². The van der Waals surface area contributed by atoms with E-state index in [1.165, 1.54) is 0 Å². The lowest BCUT2D eigenvalue weighted by Gasteiger charge is -2.52. The molecule has 5 heterocycles. The molecule has 5 saturated heterocycles. The second kappa shape index (κ2) is 20.0. The molecule has 0 aromatic heterocycles. The maximum Gasteiger partial charge on any atom is 0.161 e. The van der Waals surface area contributed by atoms with Crippen LogP contribution in [0.3, 0.4) is 0 Å². The first-order chi connectivity index (χ1) is 26.5. The zero-order valence-electron chi connectivity index (χ0n) is 38.1. The van der Waals surface area contributed by atoms with Crippen LogP contribution in [0.4, 0.5) is 0 Å². The second-order valence-electron chi connectivity index (χ2n) is 19.1. The lowest BCUT2D eigenvalue weighted by molar-refractivity contribution is -0.363. The van der Waals surface area contributed by atoms with Crippen molar-refractivity contribution in [2.24, 2.45) is 59.2 Å². The molecule has 5 aliphatic heterocycles. The molecule has 0 spiro atoms. The van der Waals surface area contributed by atoms with Gasteiger partial charge in [-0.05, 0) is 74.5 Å². The molecular weight excluding hydrogens is 712 g/mol. The Kier molecular flexibility index (Phi) is 16.7. The van der Waals surface area contributed by atoms with Gasteiger partial charge in [0, 0.05) is 23.7 Å². The summed E-state index contributed by atoms with van der Waals surface area (Å²) in [6, 6.07) is 0. The first-order valence-corrected chi connectivity index (χ1v) is 23.1. The van der Waals surface area contributed by atoms with Crippen LogP contribution in [-0.4, -0.2) is 97.4 Å². The van der Waals surface area contributed by atoms with Crippen molar-refractivity contribution in [3.63, 3.8) is 0 Å². The Hall–Kier alpha value is -0.400. The van der Waals surface area contributed by atoms with Crippen LogP contribution >= 0.6 is 0 Å². The standard InChI is InChI=1S/C46H84O10/c1-17-33-38(47)23(7)28(12)43(49-33)54-40-25(9)30(14)45(51-35(40)19-3)56-42-27(11)31(15)46(52-37(42)21-5)55-41-26(10)29(13)44(50-36(41)20-4)53-39-24(8)22(6)32(16)48-34(39)18-2/h22-47H,17-21H2,1-16H3/t22?,23-,24-,25-,26?,27?,28?,29?,30?,31?,32-,33?,34?,35?,36+,37+,38+,39+,40+,41+,42+,43?,44+,45+,46-/m1/s1. The largest absolute Gasteiger partial charge is 0.390 e. The predicted octanol–water partition coefficient (Wildman–Crippen LogP) is 8.99. The monoisotopic (exact) mass is 797 g/mol. The van der Waals surface area contributed by atoms with Crippen LogP contribution < -0.4 is 0 Å². The molecule has 25 atom stereocenters. The maximum absolute atomic E-state index is 10.8. The highest BCUT2D eigenvalue weighted by atomic mass is 16.7. The molecule has 1 N–H and O–H groups in total. The van der Waals surface area contributed by atoms with E-state index in [4.69, 9.17) is 42.6 Å². The van der Waals surface area contributed by atoms with E-state index in [0.717, 1.165) is 32.1 Å². The minimum absolute atomic E-state index is 0.00235. The topological polar surface area (TPSA) is 103 Å². The van der Waals surface area contributed by atoms with Crippen molar-refractivity contribution >= 4 is 0 Å². The summed E-state index contributed by atoms with van der Waals surface area (Å²) in [5.74, 6) is 1.82. The molecule has 0 aliphatic carbocycles. The molecule has 0 saturated carbocycles. The SMILES string of the molecule is CCC1OC(O[C@@H]2C(CC)O[C@@H](O[C@H]3C(C)C(C)[C@@H](O[C@H]4C(C)C(C)[C@H](O[C@@H]5C(CC)O[C@H](C)C(C)[C@H]5C)O[C@H]4CC)O[C@H]3CC)C(C)[C@H]2C)C(C)[C@@H](C)[C@@H]1O. The fourth-order valence-corrected chi connectivity index (χ4v) is 10.3. The molecule has 0 aromatic rings. The number of rotatable bonds is 13. The van der Waals surface area contributed by atoms with Crippen molar-refractivity contribution in [2.45, 2.75) is 235 Å². The summed E-state index contributed by atoms with van der Waals surface area (Å²) >= 11 is 0. The molecule has 328 valence electrons. The van der Waals surface area contributed by atoms with Crippen molar-refractivity contribution in [3.8, 4) is 0 Å². The highest BCUT2D eigenvalue weighted by Gasteiger charge is 2.52. The second-order valence-corrected chi connectivity index (χ2v) is 19.1. The molecule has 5 aliphatic rings. The molecule has 5 rings (SSSR count). The third-order valence-electron chi connectivity index (χ3n) is 15.9. The van der Waals surface area contributed by atoms with Gasteiger partial charge in [-0.15, -0.1) is 0 Å². The molecule has 11 unspecified atom stereocenters. The van der Waals surface area contributed by atoms with Crippen LogP contribution in [0.1, 0.15) is 143 Å². The van der Waals surface area contributed by atoms with Gasteiger partial charge in [0.15, 0.2) is 25.2 Å². The Morgan fingerprint density at radius 3 is 0.875 bits per heavy atom. The average molecular weight is 797 g/mol. The van der Waals surface area contributed by atoms with Gasteiger partial charge in [0.2, 0.25) is 0 Å². The summed E-state index contributed by atoms with van der Waals surface area (Å²) in [5.41, 5.74) is 0. The number of aliphatic hydroxyl groups excluding tert-OH is 1. The quantitative estimate of drug-likeness (QED) is 0.194. The fourth-order valence-electron chi connectivity index (χ4n) is 10.3. The highest BCUT2D eigenvalue weighted by Crippen LogP contribution is 2.45. The first kappa shape index (κ1) is 46.7. The number of aliphatic hydroxyl groups is 1. The van der Waals surface area contributed by atoms with E-state index in [1.807, 2.05) is 0 Å². The number of hydrogen-bond donors (Lipinski definition) is 1. The lowest BCUT2D eigenvalue weighted by Crippen LogP contribution is -2.59. The Bertz CT molecular complexity index is 1180. The molecule has 0 amide bonds. The van der Waals surface area contributed by atoms with E-state index in [9.17, 15) is 5.11 Å². The van der Waals surface area contributed by atoms with E-state index in [2.05, 4.69) is 111 Å². The Balaban J connectivity index is 1.22. The summed E-state index contributed by atoms with van der Waals surface area (Å²) in [6.45, 7) is 35.3. The number of ether oxygens (including phenoxy) is 9. The smallest absolute Gasteiger partial charge is 0.161 e. The van der Waals surface area contributed by atoms with Crippen molar-refractivity contribution in [1.82, 2.24) is 0 Å². The van der Waals surface area contributed by atoms with Crippen LogP contribution in [-0.2, 0) is 42.6 Å². The summed E-state index contributed by atoms with van der Waals surface area (Å²) < 4.78 is 61.1. The van der Waals surface area contributed by atoms with Gasteiger partial charge in [-0.25, -0.2) is 0 Å². The zero-order valence-corrected chi connectivity index (χ0v) is 38.1. The Morgan fingerprint density at radius 1 is 0.321 bits per heavy atom. The Labute approximate surface area is 341 Å². The van der Waals surface area contributed by atoms with E-state index in [0.29, 0.717) is 11.8 Å². The van der Waals surface area contributed by atoms with Crippen LogP contribution in [0.2, 0.25) is 0 Å². The summed E-state index contributed by atoms with van der Waals surface area (Å²) in [6.07, 6.45) is 1.42. The predicted molar refractivity (Wildman–Crippen MR) is 218 cm³/mol. The van der Waals surface area contributed by atoms with E-state index < -0.39 is 6.10 Å². The molecule has 56 heavy (non-hydrogen) atoms. The molecular formula is C46H84O10. The zero-order chi connectivity index (χ0) is 41.3. The summed E-state index contributed by atoms with van der Waals surface area (Å²) in [4.78, 5) is 0. The minimum atomic E-state index is -0.483. The van der Waals surface area contributed by atoms with Gasteiger partial charge < -0.3 is 47.7 Å². The molecule has 5 fully saturated rings. The minimum Gasteiger partial charge on any atom is -0.390 e. The Morgan fingerprint density at radius 2 is 0.571 bits per heavy atom. The van der Waals surface area contributed by atoms with Crippen LogP contribution in [0.25, 0.3) is 0 Å². The van der Waals surface area contributed by atoms with Crippen LogP contribution in [0, 0.1) is 59.2 Å². The third kappa shape index (κ3) is 9.40. The van der Waals surface area contributed by atoms with Crippen LogP contribution in [0.15, 0.2) is 0 Å². The van der Waals surface area contributed by atoms with E-state index in [-0.39, 0.29) is 134 Å². The normalized spacial score (nSPS) is 53.2. The van der Waals surface area contributed by atoms with Gasteiger partial charge in [0.05, 0.1) is 67.1 Å². The molecule has 10 heteroatoms. The van der Waals surface area contributed by atoms with Crippen LogP contribution in [0.5, 0.6) is 0 Å². The van der Waals surface area contributed by atoms with Crippen molar-refractivity contribution in [1.29, 1.82) is 0 Å². The third-order valence-corrected chi connectivity index (χ3v) is 15.9. The van der Waals surface area contributed by atoms with Gasteiger partial charge in [0.25, 0.3) is 0 Å². The number of hydrogen-bond acceptors (Lipinski definition) is 10. The van der Waals surface area contributed by atoms with Gasteiger partial charge in [0.1, 0.15) is 0 Å². The van der Waals surface area contributed by atoms with Gasteiger partial charge >= 0.3 is 0 Å². The first-order valence-electron chi connectivity index (χ1n) is 23.1. The molecule has 0 bridgehead atoms. The van der Waals surface area contributed by atoms with Gasteiger partial charge in [-0.1, -0.05) is 104 Å². The van der Waals surface area contributed by atoms with E-state index >= 15 is 0 Å². The van der Waals surface area contributed by atoms with E-state index in [1.54, 1.807) is 0 Å². The highest BCUT2D eigenvalue weighted by molar-refractivity contribution is 4.94. The van der Waals surface area contributed by atoms with Crippen molar-refractivity contribution in [3.05, 3.63) is 0 Å². The summed E-state index contributed by atoms with van der Waals surface area (Å²) in [7, 11) is 0. The fraction of sp³-hybridized carbons (Fsp3) is 1.00. The maximum atomic E-state index is 10.8. The molecule has 0 radical (unpaired) electrons. The molecule has 10 nitrogen and oxygen atoms in total. The average Bonchev–Trinajstić information content (AvgIpc) is 3.19. The lowest BCUT2D eigenvalue weighted by atomic mass is 9.80. The summed E-state index contributed by atoms with van der Waals surface area (Å²) in [5, 5.41) is 10.8.